The van der Waals surface area contributed by atoms with Crippen LogP contribution in [0, 0.1) is 0 Å². The SMILES string of the molecule is C1COC(CCNC2COC2)C1. The highest BCUT2D eigenvalue weighted by molar-refractivity contribution is 4.74. The molecule has 1 atom stereocenters. The van der Waals surface area contributed by atoms with E-state index in [2.05, 4.69) is 5.32 Å². The maximum Gasteiger partial charge on any atom is 0.0643 e. The van der Waals surface area contributed by atoms with Gasteiger partial charge in [-0.25, -0.2) is 0 Å². The van der Waals surface area contributed by atoms with E-state index >= 15 is 0 Å². The van der Waals surface area contributed by atoms with Gasteiger partial charge < -0.3 is 14.8 Å². The summed E-state index contributed by atoms with van der Waals surface area (Å²) in [5.74, 6) is 0. The van der Waals surface area contributed by atoms with E-state index in [9.17, 15) is 0 Å². The third kappa shape index (κ3) is 2.19. The Morgan fingerprint density at radius 1 is 1.33 bits per heavy atom. The average molecular weight is 171 g/mol. The first-order valence-electron chi connectivity index (χ1n) is 4.88. The molecule has 1 unspecified atom stereocenters. The van der Waals surface area contributed by atoms with Crippen LogP contribution < -0.4 is 5.32 Å². The molecule has 2 rings (SSSR count). The van der Waals surface area contributed by atoms with Crippen molar-refractivity contribution in [3.63, 3.8) is 0 Å². The molecule has 2 aliphatic heterocycles. The summed E-state index contributed by atoms with van der Waals surface area (Å²) in [6, 6.07) is 0.617. The van der Waals surface area contributed by atoms with Crippen molar-refractivity contribution in [1.29, 1.82) is 0 Å². The van der Waals surface area contributed by atoms with Gasteiger partial charge in [-0.3, -0.25) is 0 Å². The predicted molar refractivity (Wildman–Crippen MR) is 46.2 cm³/mol. The van der Waals surface area contributed by atoms with Gasteiger partial charge in [0.1, 0.15) is 0 Å². The monoisotopic (exact) mass is 171 g/mol. The maximum absolute atomic E-state index is 5.52. The van der Waals surface area contributed by atoms with Crippen molar-refractivity contribution >= 4 is 0 Å². The highest BCUT2D eigenvalue weighted by Crippen LogP contribution is 2.14. The van der Waals surface area contributed by atoms with Gasteiger partial charge >= 0.3 is 0 Å². The minimum absolute atomic E-state index is 0.526. The molecule has 12 heavy (non-hydrogen) atoms. The summed E-state index contributed by atoms with van der Waals surface area (Å²) in [4.78, 5) is 0. The van der Waals surface area contributed by atoms with E-state index in [4.69, 9.17) is 9.47 Å². The predicted octanol–water partition coefficient (Wildman–Crippen LogP) is 0.544. The molecule has 0 aliphatic carbocycles. The first-order chi connectivity index (χ1) is 5.95. The first-order valence-corrected chi connectivity index (χ1v) is 4.88. The van der Waals surface area contributed by atoms with Crippen LogP contribution in [0.2, 0.25) is 0 Å². The summed E-state index contributed by atoms with van der Waals surface area (Å²) in [5.41, 5.74) is 0. The Balaban J connectivity index is 1.49. The number of ether oxygens (including phenoxy) is 2. The molecular formula is C9H17NO2. The summed E-state index contributed by atoms with van der Waals surface area (Å²) in [6.45, 7) is 3.84. The summed E-state index contributed by atoms with van der Waals surface area (Å²) in [5, 5.41) is 3.44. The van der Waals surface area contributed by atoms with Crippen LogP contribution in [0.15, 0.2) is 0 Å². The second-order valence-corrected chi connectivity index (χ2v) is 3.61. The lowest BCUT2D eigenvalue weighted by atomic mass is 10.1. The zero-order valence-electron chi connectivity index (χ0n) is 7.42. The number of hydrogen-bond acceptors (Lipinski definition) is 3. The Hall–Kier alpha value is -0.120. The minimum Gasteiger partial charge on any atom is -0.378 e. The number of rotatable bonds is 4. The third-order valence-electron chi connectivity index (χ3n) is 2.56. The van der Waals surface area contributed by atoms with Gasteiger partial charge in [0.05, 0.1) is 25.4 Å². The smallest absolute Gasteiger partial charge is 0.0643 e. The van der Waals surface area contributed by atoms with Crippen LogP contribution in [0.5, 0.6) is 0 Å². The molecule has 2 fully saturated rings. The van der Waals surface area contributed by atoms with Crippen LogP contribution in [-0.4, -0.2) is 38.5 Å². The Labute approximate surface area is 73.4 Å². The molecule has 0 amide bonds. The van der Waals surface area contributed by atoms with Crippen molar-refractivity contribution in [3.05, 3.63) is 0 Å². The summed E-state index contributed by atoms with van der Waals surface area (Å²) in [6.07, 6.45) is 4.19. The van der Waals surface area contributed by atoms with Gasteiger partial charge in [0.25, 0.3) is 0 Å². The van der Waals surface area contributed by atoms with E-state index in [-0.39, 0.29) is 0 Å². The van der Waals surface area contributed by atoms with Crippen LogP contribution in [0.25, 0.3) is 0 Å². The normalized spacial score (nSPS) is 30.5. The Morgan fingerprint density at radius 2 is 2.25 bits per heavy atom. The highest BCUT2D eigenvalue weighted by atomic mass is 16.5. The summed E-state index contributed by atoms with van der Waals surface area (Å²) in [7, 11) is 0. The van der Waals surface area contributed by atoms with Gasteiger partial charge in [0.15, 0.2) is 0 Å². The first kappa shape index (κ1) is 8.48. The van der Waals surface area contributed by atoms with Gasteiger partial charge in [-0.1, -0.05) is 0 Å². The lowest BCUT2D eigenvalue weighted by molar-refractivity contribution is -0.00668. The van der Waals surface area contributed by atoms with Gasteiger partial charge in [-0.2, -0.15) is 0 Å². The van der Waals surface area contributed by atoms with Crippen molar-refractivity contribution in [3.8, 4) is 0 Å². The molecule has 70 valence electrons. The molecule has 3 heteroatoms. The fraction of sp³-hybridized carbons (Fsp3) is 1.00. The van der Waals surface area contributed by atoms with E-state index in [1.807, 2.05) is 0 Å². The molecule has 0 aromatic heterocycles. The molecule has 0 aromatic rings. The number of nitrogens with one attached hydrogen (secondary N) is 1. The molecule has 0 radical (unpaired) electrons. The molecule has 2 saturated heterocycles. The summed E-state index contributed by atoms with van der Waals surface area (Å²) >= 11 is 0. The Bertz CT molecular complexity index is 130. The minimum atomic E-state index is 0.526. The van der Waals surface area contributed by atoms with Gasteiger partial charge in [0, 0.05) is 6.61 Å². The van der Waals surface area contributed by atoms with E-state index in [0.29, 0.717) is 12.1 Å². The van der Waals surface area contributed by atoms with Crippen LogP contribution in [0.1, 0.15) is 19.3 Å². The van der Waals surface area contributed by atoms with E-state index in [1.165, 1.54) is 12.8 Å². The Morgan fingerprint density at radius 3 is 2.83 bits per heavy atom. The largest absolute Gasteiger partial charge is 0.378 e. The van der Waals surface area contributed by atoms with Crippen molar-refractivity contribution < 1.29 is 9.47 Å². The average Bonchev–Trinajstić information content (AvgIpc) is 2.46. The van der Waals surface area contributed by atoms with Gasteiger partial charge in [0.2, 0.25) is 0 Å². The standard InChI is InChI=1S/C9H17NO2/c1-2-9(12-5-1)3-4-10-8-6-11-7-8/h8-10H,1-7H2. The zero-order chi connectivity index (χ0) is 8.23. The topological polar surface area (TPSA) is 30.5 Å². The molecule has 0 saturated carbocycles. The van der Waals surface area contributed by atoms with Crippen LogP contribution >= 0.6 is 0 Å². The third-order valence-corrected chi connectivity index (χ3v) is 2.56. The van der Waals surface area contributed by atoms with E-state index in [0.717, 1.165) is 32.8 Å². The van der Waals surface area contributed by atoms with Crippen molar-refractivity contribution in [2.75, 3.05) is 26.4 Å². The fourth-order valence-electron chi connectivity index (χ4n) is 1.67. The quantitative estimate of drug-likeness (QED) is 0.670. The molecule has 0 aromatic carbocycles. The number of hydrogen-bond donors (Lipinski definition) is 1. The molecule has 2 heterocycles. The van der Waals surface area contributed by atoms with E-state index in [1.54, 1.807) is 0 Å². The molecule has 0 bridgehead atoms. The summed E-state index contributed by atoms with van der Waals surface area (Å²) < 4.78 is 10.6. The fourth-order valence-corrected chi connectivity index (χ4v) is 1.67. The molecular weight excluding hydrogens is 154 g/mol. The van der Waals surface area contributed by atoms with Crippen molar-refractivity contribution in [2.24, 2.45) is 0 Å². The second-order valence-electron chi connectivity index (χ2n) is 3.61. The van der Waals surface area contributed by atoms with E-state index < -0.39 is 0 Å². The zero-order valence-corrected chi connectivity index (χ0v) is 7.42. The molecule has 0 spiro atoms. The van der Waals surface area contributed by atoms with Crippen molar-refractivity contribution in [1.82, 2.24) is 5.32 Å². The second kappa shape index (κ2) is 4.21. The van der Waals surface area contributed by atoms with Crippen LogP contribution in [0.3, 0.4) is 0 Å². The molecule has 2 aliphatic rings. The lowest BCUT2D eigenvalue weighted by Gasteiger charge is -2.27. The highest BCUT2D eigenvalue weighted by Gasteiger charge is 2.19. The lowest BCUT2D eigenvalue weighted by Crippen LogP contribution is -2.46. The van der Waals surface area contributed by atoms with Crippen LogP contribution in [0.4, 0.5) is 0 Å². The van der Waals surface area contributed by atoms with Crippen LogP contribution in [-0.2, 0) is 9.47 Å². The Kier molecular flexibility index (Phi) is 2.98. The molecule has 3 nitrogen and oxygen atoms in total. The van der Waals surface area contributed by atoms with Gasteiger partial charge in [-0.05, 0) is 25.8 Å². The van der Waals surface area contributed by atoms with Crippen molar-refractivity contribution in [2.45, 2.75) is 31.4 Å². The molecule has 1 N–H and O–H groups in total. The van der Waals surface area contributed by atoms with Gasteiger partial charge in [-0.15, -0.1) is 0 Å². The maximum atomic E-state index is 5.52.